The minimum Gasteiger partial charge on any atom is -0.288 e. The van der Waals surface area contributed by atoms with Crippen LogP contribution in [0, 0.1) is 31.6 Å². The summed E-state index contributed by atoms with van der Waals surface area (Å²) in [5, 5.41) is 1.91. The van der Waals surface area contributed by atoms with Crippen LogP contribution in [0.1, 0.15) is 9.67 Å². The van der Waals surface area contributed by atoms with Gasteiger partial charge in [-0.15, -0.1) is 11.3 Å². The van der Waals surface area contributed by atoms with Gasteiger partial charge in [-0.3, -0.25) is 4.79 Å². The van der Waals surface area contributed by atoms with Crippen molar-refractivity contribution >= 4 is 17.1 Å². The van der Waals surface area contributed by atoms with E-state index in [4.69, 9.17) is 0 Å². The summed E-state index contributed by atoms with van der Waals surface area (Å²) in [7, 11) is 0. The third kappa shape index (κ3) is 2.32. The minimum atomic E-state index is 0.0706. The molecule has 0 atom stereocenters. The first-order valence-electron chi connectivity index (χ1n) is 4.34. The van der Waals surface area contributed by atoms with Gasteiger partial charge in [-0.1, -0.05) is 12.1 Å². The standard InChI is InChI=1S/C12H9OS/c13-11(12-6-3-9-14-12)8-7-10-4-1-2-5-10/h1-9H/b8-7+. The molecule has 1 nitrogen and oxygen atoms in total. The van der Waals surface area contributed by atoms with Crippen molar-refractivity contribution in [2.45, 2.75) is 0 Å². The maximum absolute atomic E-state index is 11.5. The maximum Gasteiger partial charge on any atom is 0.195 e. The maximum atomic E-state index is 11.5. The predicted molar refractivity (Wildman–Crippen MR) is 58.2 cm³/mol. The number of ketones is 1. The molecule has 1 fully saturated rings. The number of hydrogen-bond acceptors (Lipinski definition) is 2. The van der Waals surface area contributed by atoms with E-state index in [1.165, 1.54) is 11.3 Å². The van der Waals surface area contributed by atoms with Crippen LogP contribution in [-0.2, 0) is 0 Å². The van der Waals surface area contributed by atoms with E-state index in [1.807, 2.05) is 49.3 Å². The van der Waals surface area contributed by atoms with Crippen LogP contribution in [0.15, 0.2) is 29.7 Å². The lowest BCUT2D eigenvalue weighted by molar-refractivity contribution is 0.105. The van der Waals surface area contributed by atoms with Crippen molar-refractivity contribution in [2.24, 2.45) is 0 Å². The van der Waals surface area contributed by atoms with Crippen LogP contribution < -0.4 is 0 Å². The van der Waals surface area contributed by atoms with Crippen LogP contribution in [0.5, 0.6) is 0 Å². The highest BCUT2D eigenvalue weighted by Crippen LogP contribution is 2.24. The molecule has 1 aliphatic rings. The van der Waals surface area contributed by atoms with Gasteiger partial charge in [0, 0.05) is 5.92 Å². The summed E-state index contributed by atoms with van der Waals surface area (Å²) in [6, 6.07) is 3.72. The second-order valence-corrected chi connectivity index (χ2v) is 3.84. The molecule has 0 bridgehead atoms. The van der Waals surface area contributed by atoms with Crippen LogP contribution >= 0.6 is 11.3 Å². The highest BCUT2D eigenvalue weighted by atomic mass is 32.1. The van der Waals surface area contributed by atoms with Gasteiger partial charge < -0.3 is 0 Å². The largest absolute Gasteiger partial charge is 0.288 e. The molecule has 0 amide bonds. The number of rotatable bonds is 3. The Morgan fingerprint density at radius 3 is 2.71 bits per heavy atom. The van der Waals surface area contributed by atoms with E-state index in [1.54, 1.807) is 6.08 Å². The predicted octanol–water partition coefficient (Wildman–Crippen LogP) is 2.89. The van der Waals surface area contributed by atoms with Crippen LogP contribution in [-0.4, -0.2) is 5.78 Å². The molecule has 1 aliphatic carbocycles. The fourth-order valence-electron chi connectivity index (χ4n) is 1.17. The van der Waals surface area contributed by atoms with E-state index in [0.717, 1.165) is 10.8 Å². The van der Waals surface area contributed by atoms with E-state index in [0.29, 0.717) is 0 Å². The minimum absolute atomic E-state index is 0.0706. The first kappa shape index (κ1) is 9.66. The summed E-state index contributed by atoms with van der Waals surface area (Å²) in [6.45, 7) is 0. The number of carbonyl (C=O) groups excluding carboxylic acids is 1. The van der Waals surface area contributed by atoms with Crippen LogP contribution in [0.2, 0.25) is 0 Å². The average molecular weight is 201 g/mol. The Morgan fingerprint density at radius 2 is 2.07 bits per heavy atom. The molecule has 0 saturated heterocycles. The quantitative estimate of drug-likeness (QED) is 0.543. The highest BCUT2D eigenvalue weighted by Gasteiger charge is 2.14. The Morgan fingerprint density at radius 1 is 1.29 bits per heavy atom. The van der Waals surface area contributed by atoms with Gasteiger partial charge in [0.25, 0.3) is 0 Å². The highest BCUT2D eigenvalue weighted by molar-refractivity contribution is 7.12. The second kappa shape index (κ2) is 4.56. The van der Waals surface area contributed by atoms with Gasteiger partial charge in [0.1, 0.15) is 0 Å². The smallest absolute Gasteiger partial charge is 0.195 e. The van der Waals surface area contributed by atoms with E-state index >= 15 is 0 Å². The van der Waals surface area contributed by atoms with Crippen molar-refractivity contribution in [3.05, 3.63) is 66.1 Å². The van der Waals surface area contributed by atoms with Crippen molar-refractivity contribution in [2.75, 3.05) is 0 Å². The van der Waals surface area contributed by atoms with Crippen molar-refractivity contribution in [3.63, 3.8) is 0 Å². The van der Waals surface area contributed by atoms with E-state index in [-0.39, 0.29) is 5.78 Å². The lowest BCUT2D eigenvalue weighted by Gasteiger charge is -1.96. The summed E-state index contributed by atoms with van der Waals surface area (Å²) >= 11 is 1.47. The van der Waals surface area contributed by atoms with E-state index in [2.05, 4.69) is 0 Å². The molecular weight excluding hydrogens is 192 g/mol. The van der Waals surface area contributed by atoms with E-state index in [9.17, 15) is 4.79 Å². The normalized spacial score (nSPS) is 18.0. The molecule has 1 aromatic heterocycles. The summed E-state index contributed by atoms with van der Waals surface area (Å²) < 4.78 is 0. The number of hydrogen-bond donors (Lipinski definition) is 0. The topological polar surface area (TPSA) is 17.1 Å². The molecular formula is C12H9OS. The Labute approximate surface area is 88.5 Å². The van der Waals surface area contributed by atoms with Crippen molar-refractivity contribution in [1.82, 2.24) is 0 Å². The summed E-state index contributed by atoms with van der Waals surface area (Å²) in [5.74, 6) is 1.14. The van der Waals surface area contributed by atoms with Gasteiger partial charge in [0.2, 0.25) is 0 Å². The molecule has 5 radical (unpaired) electrons. The van der Waals surface area contributed by atoms with E-state index < -0.39 is 0 Å². The zero-order valence-electron chi connectivity index (χ0n) is 7.51. The summed E-state index contributed by atoms with van der Waals surface area (Å²) in [6.07, 6.45) is 11.3. The molecule has 69 valence electrons. The number of thiophene rings is 1. The lowest BCUT2D eigenvalue weighted by Crippen LogP contribution is -1.92. The third-order valence-corrected chi connectivity index (χ3v) is 2.76. The van der Waals surface area contributed by atoms with Gasteiger partial charge in [0.05, 0.1) is 4.88 Å². The third-order valence-electron chi connectivity index (χ3n) is 1.88. The van der Waals surface area contributed by atoms with Gasteiger partial charge in [-0.25, -0.2) is 0 Å². The Hall–Kier alpha value is -0.890. The lowest BCUT2D eigenvalue weighted by atomic mass is 10.1. The van der Waals surface area contributed by atoms with Crippen molar-refractivity contribution in [1.29, 1.82) is 0 Å². The molecule has 2 heteroatoms. The second-order valence-electron chi connectivity index (χ2n) is 2.89. The average Bonchev–Trinajstić information content (AvgIpc) is 2.87. The number of allylic oxidation sites excluding steroid dienone is 2. The molecule has 1 heterocycles. The molecule has 1 saturated carbocycles. The monoisotopic (exact) mass is 201 g/mol. The van der Waals surface area contributed by atoms with Crippen LogP contribution in [0.3, 0.4) is 0 Å². The molecule has 0 spiro atoms. The molecule has 0 unspecified atom stereocenters. The molecule has 1 aromatic rings. The van der Waals surface area contributed by atoms with Crippen molar-refractivity contribution < 1.29 is 4.79 Å². The Balaban J connectivity index is 1.93. The fraction of sp³-hybridized carbons (Fsp3) is 0. The summed E-state index contributed by atoms with van der Waals surface area (Å²) in [4.78, 5) is 12.3. The zero-order chi connectivity index (χ0) is 9.80. The van der Waals surface area contributed by atoms with Crippen LogP contribution in [0.25, 0.3) is 0 Å². The van der Waals surface area contributed by atoms with Gasteiger partial charge in [-0.2, -0.15) is 0 Å². The molecule has 0 aliphatic heterocycles. The Bertz CT molecular complexity index is 318. The van der Waals surface area contributed by atoms with Gasteiger partial charge in [-0.05, 0) is 43.2 Å². The molecule has 0 N–H and O–H groups in total. The fourth-order valence-corrected chi connectivity index (χ4v) is 1.82. The SMILES string of the molecule is O=C(/C=C/[C]1[CH][CH][CH][CH]1)c1cccs1. The molecule has 0 aromatic carbocycles. The first-order valence-corrected chi connectivity index (χ1v) is 5.22. The summed E-state index contributed by atoms with van der Waals surface area (Å²) in [5.41, 5.74) is 0. The van der Waals surface area contributed by atoms with Crippen LogP contribution in [0.4, 0.5) is 0 Å². The first-order chi connectivity index (χ1) is 6.86. The Kier molecular flexibility index (Phi) is 3.14. The zero-order valence-corrected chi connectivity index (χ0v) is 8.33. The van der Waals surface area contributed by atoms with Crippen molar-refractivity contribution in [3.8, 4) is 0 Å². The molecule has 14 heavy (non-hydrogen) atoms. The number of carbonyl (C=O) groups is 1. The van der Waals surface area contributed by atoms with Gasteiger partial charge >= 0.3 is 0 Å². The molecule has 2 rings (SSSR count). The van der Waals surface area contributed by atoms with Gasteiger partial charge in [0.15, 0.2) is 5.78 Å².